The minimum atomic E-state index is -0.666. The zero-order chi connectivity index (χ0) is 18.1. The SMILES string of the molecule is CCCCCCCCCCCC(C(=O)O)(C(C)(C)C)C(C)(C)C. The van der Waals surface area contributed by atoms with E-state index >= 15 is 0 Å². The van der Waals surface area contributed by atoms with Crippen molar-refractivity contribution in [3.05, 3.63) is 0 Å². The monoisotopic (exact) mass is 326 g/mol. The molecule has 0 fully saturated rings. The predicted molar refractivity (Wildman–Crippen MR) is 101 cm³/mol. The Morgan fingerprint density at radius 2 is 1.04 bits per heavy atom. The van der Waals surface area contributed by atoms with Crippen molar-refractivity contribution in [3.8, 4) is 0 Å². The maximum absolute atomic E-state index is 12.2. The Bertz CT molecular complexity index is 317. The van der Waals surface area contributed by atoms with Gasteiger partial charge < -0.3 is 5.11 Å². The van der Waals surface area contributed by atoms with E-state index in [1.807, 2.05) is 0 Å². The number of carbonyl (C=O) groups is 1. The van der Waals surface area contributed by atoms with Gasteiger partial charge in [-0.1, -0.05) is 106 Å². The zero-order valence-electron chi connectivity index (χ0n) is 16.9. The van der Waals surface area contributed by atoms with Crippen LogP contribution in [0.15, 0.2) is 0 Å². The van der Waals surface area contributed by atoms with Crippen LogP contribution in [0.25, 0.3) is 0 Å². The van der Waals surface area contributed by atoms with Crippen molar-refractivity contribution in [1.82, 2.24) is 0 Å². The van der Waals surface area contributed by atoms with Gasteiger partial charge in [0, 0.05) is 0 Å². The van der Waals surface area contributed by atoms with Gasteiger partial charge in [-0.25, -0.2) is 0 Å². The van der Waals surface area contributed by atoms with E-state index in [0.29, 0.717) is 0 Å². The van der Waals surface area contributed by atoms with Crippen LogP contribution in [0, 0.1) is 16.2 Å². The quantitative estimate of drug-likeness (QED) is 0.412. The summed E-state index contributed by atoms with van der Waals surface area (Å²) in [6.07, 6.45) is 12.2. The summed E-state index contributed by atoms with van der Waals surface area (Å²) in [5.74, 6) is -0.628. The van der Waals surface area contributed by atoms with Crippen LogP contribution in [0.3, 0.4) is 0 Å². The summed E-state index contributed by atoms with van der Waals surface area (Å²) in [6, 6.07) is 0. The van der Waals surface area contributed by atoms with Gasteiger partial charge in [0.15, 0.2) is 0 Å². The molecule has 0 heterocycles. The first-order chi connectivity index (χ1) is 10.5. The molecule has 0 aliphatic carbocycles. The molecule has 0 rings (SSSR count). The molecule has 0 radical (unpaired) electrons. The molecule has 0 aliphatic rings. The van der Waals surface area contributed by atoms with Crippen LogP contribution in [-0.4, -0.2) is 11.1 Å². The Morgan fingerprint density at radius 3 is 1.35 bits per heavy atom. The van der Waals surface area contributed by atoms with Crippen LogP contribution >= 0.6 is 0 Å². The van der Waals surface area contributed by atoms with Gasteiger partial charge in [0.25, 0.3) is 0 Å². The summed E-state index contributed by atoms with van der Waals surface area (Å²) in [4.78, 5) is 12.2. The number of carboxylic acid groups (broad SMARTS) is 1. The molecule has 2 nitrogen and oxygen atoms in total. The topological polar surface area (TPSA) is 37.3 Å². The van der Waals surface area contributed by atoms with Crippen LogP contribution in [0.5, 0.6) is 0 Å². The van der Waals surface area contributed by atoms with Crippen LogP contribution in [-0.2, 0) is 4.79 Å². The molecule has 0 aromatic heterocycles. The molecular weight excluding hydrogens is 284 g/mol. The highest BCUT2D eigenvalue weighted by Crippen LogP contribution is 2.55. The van der Waals surface area contributed by atoms with E-state index in [1.54, 1.807) is 0 Å². The van der Waals surface area contributed by atoms with Crippen molar-refractivity contribution in [2.75, 3.05) is 0 Å². The Balaban J connectivity index is 4.42. The van der Waals surface area contributed by atoms with Crippen LogP contribution < -0.4 is 0 Å². The fourth-order valence-electron chi connectivity index (χ4n) is 4.32. The molecule has 0 spiro atoms. The molecule has 0 saturated carbocycles. The molecule has 0 aromatic carbocycles. The lowest BCUT2D eigenvalue weighted by molar-refractivity contribution is -0.170. The molecular formula is C21H42O2. The minimum Gasteiger partial charge on any atom is -0.481 e. The van der Waals surface area contributed by atoms with Crippen LogP contribution in [0.1, 0.15) is 113 Å². The van der Waals surface area contributed by atoms with Crippen LogP contribution in [0.4, 0.5) is 0 Å². The van der Waals surface area contributed by atoms with Crippen molar-refractivity contribution in [2.45, 2.75) is 113 Å². The Morgan fingerprint density at radius 1 is 0.696 bits per heavy atom. The highest BCUT2D eigenvalue weighted by Gasteiger charge is 2.55. The summed E-state index contributed by atoms with van der Waals surface area (Å²) >= 11 is 0. The van der Waals surface area contributed by atoms with E-state index in [9.17, 15) is 9.90 Å². The average molecular weight is 327 g/mol. The summed E-state index contributed by atoms with van der Waals surface area (Å²) in [6.45, 7) is 14.7. The fraction of sp³-hybridized carbons (Fsp3) is 0.952. The summed E-state index contributed by atoms with van der Waals surface area (Å²) < 4.78 is 0. The lowest BCUT2D eigenvalue weighted by Crippen LogP contribution is -2.52. The van der Waals surface area contributed by atoms with Gasteiger partial charge in [-0.3, -0.25) is 4.79 Å². The second-order valence-corrected chi connectivity index (χ2v) is 9.29. The largest absolute Gasteiger partial charge is 0.481 e. The second-order valence-electron chi connectivity index (χ2n) is 9.29. The first-order valence-corrected chi connectivity index (χ1v) is 9.74. The molecule has 1 N–H and O–H groups in total. The van der Waals surface area contributed by atoms with Crippen LogP contribution in [0.2, 0.25) is 0 Å². The normalized spacial score (nSPS) is 13.3. The number of hydrogen-bond acceptors (Lipinski definition) is 1. The lowest BCUT2D eigenvalue weighted by atomic mass is 9.52. The first kappa shape index (κ1) is 22.5. The van der Waals surface area contributed by atoms with Gasteiger partial charge in [0.1, 0.15) is 0 Å². The predicted octanol–water partition coefficient (Wildman–Crippen LogP) is 7.07. The van der Waals surface area contributed by atoms with Gasteiger partial charge >= 0.3 is 5.97 Å². The lowest BCUT2D eigenvalue weighted by Gasteiger charge is -2.50. The van der Waals surface area contributed by atoms with E-state index in [1.165, 1.54) is 44.9 Å². The Hall–Kier alpha value is -0.530. The van der Waals surface area contributed by atoms with E-state index in [4.69, 9.17) is 0 Å². The molecule has 23 heavy (non-hydrogen) atoms. The van der Waals surface area contributed by atoms with E-state index in [2.05, 4.69) is 48.5 Å². The van der Waals surface area contributed by atoms with Gasteiger partial charge in [-0.15, -0.1) is 0 Å². The van der Waals surface area contributed by atoms with E-state index in [-0.39, 0.29) is 10.8 Å². The Labute approximate surface area is 145 Å². The second kappa shape index (κ2) is 9.69. The van der Waals surface area contributed by atoms with Gasteiger partial charge in [-0.2, -0.15) is 0 Å². The van der Waals surface area contributed by atoms with Gasteiger partial charge in [-0.05, 0) is 17.3 Å². The highest BCUT2D eigenvalue weighted by molar-refractivity contribution is 5.76. The van der Waals surface area contributed by atoms with Gasteiger partial charge in [0.2, 0.25) is 0 Å². The molecule has 0 saturated heterocycles. The molecule has 0 aliphatic heterocycles. The van der Waals surface area contributed by atoms with Crippen molar-refractivity contribution in [2.24, 2.45) is 16.2 Å². The highest BCUT2D eigenvalue weighted by atomic mass is 16.4. The first-order valence-electron chi connectivity index (χ1n) is 9.74. The standard InChI is InChI=1S/C21H42O2/c1-8-9-10-11-12-13-14-15-16-17-21(18(22)23,19(2,3)4)20(5,6)7/h8-17H2,1-7H3,(H,22,23). The molecule has 0 amide bonds. The third-order valence-corrected chi connectivity index (χ3v) is 5.58. The van der Waals surface area contributed by atoms with E-state index in [0.717, 1.165) is 19.3 Å². The number of hydrogen-bond donors (Lipinski definition) is 1. The molecule has 0 atom stereocenters. The fourth-order valence-corrected chi connectivity index (χ4v) is 4.32. The van der Waals surface area contributed by atoms with E-state index < -0.39 is 11.4 Å². The third kappa shape index (κ3) is 6.47. The van der Waals surface area contributed by atoms with Crippen molar-refractivity contribution in [1.29, 1.82) is 0 Å². The maximum atomic E-state index is 12.2. The number of aliphatic carboxylic acids is 1. The maximum Gasteiger partial charge on any atom is 0.310 e. The van der Waals surface area contributed by atoms with Gasteiger partial charge in [0.05, 0.1) is 5.41 Å². The molecule has 0 unspecified atom stereocenters. The minimum absolute atomic E-state index is 0.239. The zero-order valence-corrected chi connectivity index (χ0v) is 16.9. The Kier molecular flexibility index (Phi) is 9.47. The van der Waals surface area contributed by atoms with Crippen molar-refractivity contribution in [3.63, 3.8) is 0 Å². The number of unbranched alkanes of at least 4 members (excludes halogenated alkanes) is 8. The molecule has 138 valence electrons. The number of rotatable bonds is 11. The van der Waals surface area contributed by atoms with Crippen molar-refractivity contribution >= 4 is 5.97 Å². The summed E-state index contributed by atoms with van der Waals surface area (Å²) in [5.41, 5.74) is -1.14. The molecule has 0 bridgehead atoms. The third-order valence-electron chi connectivity index (χ3n) is 5.58. The van der Waals surface area contributed by atoms with Crippen molar-refractivity contribution < 1.29 is 9.90 Å². The molecule has 2 heteroatoms. The average Bonchev–Trinajstić information content (AvgIpc) is 2.37. The molecule has 0 aromatic rings. The summed E-state index contributed by atoms with van der Waals surface area (Å²) in [7, 11) is 0. The smallest absolute Gasteiger partial charge is 0.310 e. The number of carboxylic acids is 1. The summed E-state index contributed by atoms with van der Waals surface area (Å²) in [5, 5.41) is 10.0.